The molecule has 1 aliphatic rings. The highest BCUT2D eigenvalue weighted by atomic mass is 15.6. The molecule has 0 spiro atoms. The Labute approximate surface area is 120 Å². The molecule has 6 nitrogen and oxygen atoms in total. The monoisotopic (exact) mass is 276 g/mol. The zero-order valence-electron chi connectivity index (χ0n) is 12.5. The highest BCUT2D eigenvalue weighted by Crippen LogP contribution is 2.23. The second-order valence-electron chi connectivity index (χ2n) is 4.75. The predicted molar refractivity (Wildman–Crippen MR) is 82.4 cm³/mol. The number of hydrogen-bond donors (Lipinski definition) is 2. The maximum Gasteiger partial charge on any atom is 0.155 e. The minimum Gasteiger partial charge on any atom is -0.346 e. The summed E-state index contributed by atoms with van der Waals surface area (Å²) in [5.41, 5.74) is 6.81. The highest BCUT2D eigenvalue weighted by Gasteiger charge is 2.21. The summed E-state index contributed by atoms with van der Waals surface area (Å²) in [6.07, 6.45) is 5.56. The third kappa shape index (κ3) is 2.91. The second kappa shape index (κ2) is 6.67. The quantitative estimate of drug-likeness (QED) is 0.874. The van der Waals surface area contributed by atoms with Gasteiger partial charge < -0.3 is 10.7 Å². The Kier molecular flexibility index (Phi) is 4.92. The summed E-state index contributed by atoms with van der Waals surface area (Å²) in [6, 6.07) is 2.35. The summed E-state index contributed by atoms with van der Waals surface area (Å²) >= 11 is 0. The zero-order chi connectivity index (χ0) is 14.5. The number of hydrazine groups is 1. The Bertz CT molecular complexity index is 529. The van der Waals surface area contributed by atoms with Crippen molar-refractivity contribution in [3.05, 3.63) is 18.6 Å². The van der Waals surface area contributed by atoms with Crippen LogP contribution in [0.1, 0.15) is 26.7 Å². The minimum atomic E-state index is 0.340. The van der Waals surface area contributed by atoms with Crippen molar-refractivity contribution in [2.45, 2.75) is 32.7 Å². The standard InChI is InChI=1S/C12H18N6.C2H6/c1-17(18-6-3-9(13)4-7-18)12-10-2-5-14-11(10)15-8-16-12;1-2/h2,5,8-9H,3-4,6-7,13H2,1H3,(H,14,15,16);1-2H3. The van der Waals surface area contributed by atoms with Crippen molar-refractivity contribution >= 4 is 16.9 Å². The molecule has 1 saturated heterocycles. The van der Waals surface area contributed by atoms with Gasteiger partial charge in [0.15, 0.2) is 5.82 Å². The van der Waals surface area contributed by atoms with Crippen LogP contribution in [-0.4, -0.2) is 46.1 Å². The lowest BCUT2D eigenvalue weighted by Crippen LogP contribution is -2.48. The number of hydrogen-bond acceptors (Lipinski definition) is 5. The van der Waals surface area contributed by atoms with Crippen LogP contribution >= 0.6 is 0 Å². The molecule has 0 radical (unpaired) electrons. The SMILES string of the molecule is CC.CN(c1ncnc2[nH]ccc12)N1CCC(N)CC1. The molecule has 1 aliphatic heterocycles. The largest absolute Gasteiger partial charge is 0.346 e. The first-order chi connectivity index (χ1) is 9.75. The van der Waals surface area contributed by atoms with Crippen LogP contribution in [0.3, 0.4) is 0 Å². The fourth-order valence-electron chi connectivity index (χ4n) is 2.44. The highest BCUT2D eigenvalue weighted by molar-refractivity contribution is 5.86. The summed E-state index contributed by atoms with van der Waals surface area (Å²) < 4.78 is 0. The number of fused-ring (bicyclic) bond motifs is 1. The summed E-state index contributed by atoms with van der Waals surface area (Å²) in [5.74, 6) is 0.941. The summed E-state index contributed by atoms with van der Waals surface area (Å²) in [5, 5.41) is 5.46. The number of piperidine rings is 1. The zero-order valence-corrected chi connectivity index (χ0v) is 12.5. The lowest BCUT2D eigenvalue weighted by Gasteiger charge is -2.37. The van der Waals surface area contributed by atoms with E-state index >= 15 is 0 Å². The minimum absolute atomic E-state index is 0.340. The Hall–Kier alpha value is -1.66. The maximum atomic E-state index is 5.93. The molecular formula is C14H24N6. The Balaban J connectivity index is 0.000000704. The summed E-state index contributed by atoms with van der Waals surface area (Å²) in [4.78, 5) is 11.7. The number of aromatic nitrogens is 3. The second-order valence-corrected chi connectivity index (χ2v) is 4.75. The van der Waals surface area contributed by atoms with Gasteiger partial charge >= 0.3 is 0 Å². The Morgan fingerprint density at radius 2 is 2.00 bits per heavy atom. The Morgan fingerprint density at radius 1 is 1.30 bits per heavy atom. The van der Waals surface area contributed by atoms with Gasteiger partial charge in [0.2, 0.25) is 0 Å². The van der Waals surface area contributed by atoms with Crippen molar-refractivity contribution in [1.82, 2.24) is 20.0 Å². The number of rotatable bonds is 2. The van der Waals surface area contributed by atoms with E-state index in [1.807, 2.05) is 33.2 Å². The van der Waals surface area contributed by atoms with E-state index in [1.54, 1.807) is 6.33 Å². The normalized spacial score (nSPS) is 16.8. The van der Waals surface area contributed by atoms with Crippen LogP contribution in [0.4, 0.5) is 5.82 Å². The fraction of sp³-hybridized carbons (Fsp3) is 0.571. The molecule has 0 bridgehead atoms. The van der Waals surface area contributed by atoms with Crippen molar-refractivity contribution in [2.24, 2.45) is 5.73 Å². The van der Waals surface area contributed by atoms with E-state index in [9.17, 15) is 0 Å². The van der Waals surface area contributed by atoms with Gasteiger partial charge in [-0.15, -0.1) is 0 Å². The molecular weight excluding hydrogens is 252 g/mol. The van der Waals surface area contributed by atoms with Crippen LogP contribution in [0, 0.1) is 0 Å². The van der Waals surface area contributed by atoms with Gasteiger partial charge in [-0.3, -0.25) is 5.01 Å². The first kappa shape index (κ1) is 14.7. The van der Waals surface area contributed by atoms with Gasteiger partial charge in [0.25, 0.3) is 0 Å². The molecule has 110 valence electrons. The molecule has 2 aromatic rings. The number of nitrogens with two attached hydrogens (primary N) is 1. The third-order valence-electron chi connectivity index (χ3n) is 3.58. The molecule has 0 aliphatic carbocycles. The van der Waals surface area contributed by atoms with Crippen LogP contribution in [0.5, 0.6) is 0 Å². The number of aromatic amines is 1. The van der Waals surface area contributed by atoms with Crippen LogP contribution in [-0.2, 0) is 0 Å². The molecule has 0 amide bonds. The number of nitrogens with zero attached hydrogens (tertiary/aromatic N) is 4. The van der Waals surface area contributed by atoms with Crippen molar-refractivity contribution in [3.8, 4) is 0 Å². The van der Waals surface area contributed by atoms with Crippen molar-refractivity contribution in [2.75, 3.05) is 25.1 Å². The van der Waals surface area contributed by atoms with E-state index in [0.717, 1.165) is 42.8 Å². The smallest absolute Gasteiger partial charge is 0.155 e. The molecule has 20 heavy (non-hydrogen) atoms. The first-order valence-corrected chi connectivity index (χ1v) is 7.28. The van der Waals surface area contributed by atoms with Gasteiger partial charge in [0.05, 0.1) is 5.39 Å². The van der Waals surface area contributed by atoms with Gasteiger partial charge in [-0.25, -0.2) is 15.0 Å². The summed E-state index contributed by atoms with van der Waals surface area (Å²) in [6.45, 7) is 5.96. The third-order valence-corrected chi connectivity index (χ3v) is 3.58. The van der Waals surface area contributed by atoms with Gasteiger partial charge in [0, 0.05) is 32.4 Å². The topological polar surface area (TPSA) is 74.1 Å². The predicted octanol–water partition coefficient (Wildman–Crippen LogP) is 1.76. The van der Waals surface area contributed by atoms with Crippen molar-refractivity contribution < 1.29 is 0 Å². The van der Waals surface area contributed by atoms with Crippen LogP contribution in [0.2, 0.25) is 0 Å². The molecule has 2 aromatic heterocycles. The number of H-pyrrole nitrogens is 1. The average molecular weight is 276 g/mol. The lowest BCUT2D eigenvalue weighted by atomic mass is 10.1. The van der Waals surface area contributed by atoms with E-state index in [2.05, 4.69) is 25.0 Å². The molecule has 0 atom stereocenters. The molecule has 0 saturated carbocycles. The van der Waals surface area contributed by atoms with Crippen LogP contribution in [0.25, 0.3) is 11.0 Å². The van der Waals surface area contributed by atoms with Gasteiger partial charge in [0.1, 0.15) is 12.0 Å². The average Bonchev–Trinajstić information content (AvgIpc) is 2.98. The van der Waals surface area contributed by atoms with Crippen molar-refractivity contribution in [1.29, 1.82) is 0 Å². The van der Waals surface area contributed by atoms with E-state index < -0.39 is 0 Å². The number of anilines is 1. The maximum absolute atomic E-state index is 5.93. The van der Waals surface area contributed by atoms with Gasteiger partial charge in [-0.05, 0) is 18.9 Å². The lowest BCUT2D eigenvalue weighted by molar-refractivity contribution is 0.204. The molecule has 0 aromatic carbocycles. The molecule has 6 heteroatoms. The van der Waals surface area contributed by atoms with Crippen LogP contribution < -0.4 is 10.7 Å². The van der Waals surface area contributed by atoms with E-state index in [4.69, 9.17) is 5.73 Å². The van der Waals surface area contributed by atoms with E-state index in [-0.39, 0.29) is 0 Å². The molecule has 1 fully saturated rings. The van der Waals surface area contributed by atoms with Gasteiger partial charge in [-0.2, -0.15) is 0 Å². The fourth-order valence-corrected chi connectivity index (χ4v) is 2.44. The first-order valence-electron chi connectivity index (χ1n) is 7.28. The molecule has 3 N–H and O–H groups in total. The van der Waals surface area contributed by atoms with E-state index in [1.165, 1.54) is 0 Å². The van der Waals surface area contributed by atoms with Crippen LogP contribution in [0.15, 0.2) is 18.6 Å². The number of nitrogens with one attached hydrogen (secondary N) is 1. The molecule has 0 unspecified atom stereocenters. The Morgan fingerprint density at radius 3 is 2.70 bits per heavy atom. The summed E-state index contributed by atoms with van der Waals surface area (Å²) in [7, 11) is 2.05. The van der Waals surface area contributed by atoms with Gasteiger partial charge in [-0.1, -0.05) is 13.8 Å². The van der Waals surface area contributed by atoms with Crippen molar-refractivity contribution in [3.63, 3.8) is 0 Å². The van der Waals surface area contributed by atoms with E-state index in [0.29, 0.717) is 6.04 Å². The molecule has 3 rings (SSSR count). The molecule has 3 heterocycles.